The lowest BCUT2D eigenvalue weighted by molar-refractivity contribution is -0.137. The summed E-state index contributed by atoms with van der Waals surface area (Å²) >= 11 is 1.13. The van der Waals surface area contributed by atoms with E-state index < -0.39 is 11.7 Å². The van der Waals surface area contributed by atoms with Gasteiger partial charge in [0.2, 0.25) is 5.91 Å². The number of aromatic nitrogens is 1. The van der Waals surface area contributed by atoms with E-state index in [4.69, 9.17) is 0 Å². The molecule has 0 bridgehead atoms. The molecule has 24 heavy (non-hydrogen) atoms. The van der Waals surface area contributed by atoms with E-state index >= 15 is 0 Å². The molecule has 1 aliphatic heterocycles. The highest BCUT2D eigenvalue weighted by Crippen LogP contribution is 2.37. The number of alkyl halides is 3. The van der Waals surface area contributed by atoms with Gasteiger partial charge in [0.25, 0.3) is 0 Å². The standard InChI is InChI=1S/C16H16F3N3OS/c17-16(18,19)12-4-2-1-3-11(12)13-9-24-15(21-13)22-14(23)10-5-7-20-8-6-10/h1-4,9-10,20H,5-8H2,(H,21,22,23). The molecule has 1 amide bonds. The maximum Gasteiger partial charge on any atom is 0.417 e. The summed E-state index contributed by atoms with van der Waals surface area (Å²) in [4.78, 5) is 16.3. The highest BCUT2D eigenvalue weighted by Gasteiger charge is 2.34. The smallest absolute Gasteiger partial charge is 0.317 e. The van der Waals surface area contributed by atoms with Gasteiger partial charge in [-0.15, -0.1) is 11.3 Å². The predicted octanol–water partition coefficient (Wildman–Crippen LogP) is 3.77. The average Bonchev–Trinajstić information content (AvgIpc) is 3.03. The van der Waals surface area contributed by atoms with Gasteiger partial charge >= 0.3 is 6.18 Å². The number of rotatable bonds is 3. The molecule has 0 aliphatic carbocycles. The molecule has 128 valence electrons. The molecule has 1 fully saturated rings. The first-order valence-electron chi connectivity index (χ1n) is 7.59. The number of carbonyl (C=O) groups is 1. The van der Waals surface area contributed by atoms with Crippen molar-refractivity contribution in [1.82, 2.24) is 10.3 Å². The normalized spacial score (nSPS) is 16.1. The average molecular weight is 355 g/mol. The molecule has 8 heteroatoms. The Morgan fingerprint density at radius 1 is 1.25 bits per heavy atom. The Morgan fingerprint density at radius 2 is 1.96 bits per heavy atom. The first-order chi connectivity index (χ1) is 11.4. The van der Waals surface area contributed by atoms with Crippen molar-refractivity contribution in [2.45, 2.75) is 19.0 Å². The monoisotopic (exact) mass is 355 g/mol. The van der Waals surface area contributed by atoms with Gasteiger partial charge < -0.3 is 10.6 Å². The number of benzene rings is 1. The molecule has 2 heterocycles. The predicted molar refractivity (Wildman–Crippen MR) is 86.8 cm³/mol. The highest BCUT2D eigenvalue weighted by atomic mass is 32.1. The third-order valence-electron chi connectivity index (χ3n) is 3.95. The number of halogens is 3. The topological polar surface area (TPSA) is 54.0 Å². The van der Waals surface area contributed by atoms with Crippen molar-refractivity contribution in [3.8, 4) is 11.3 Å². The first kappa shape index (κ1) is 16.9. The Hall–Kier alpha value is -1.93. The molecule has 0 unspecified atom stereocenters. The Labute approximate surface area is 141 Å². The van der Waals surface area contributed by atoms with Gasteiger partial charge in [0.05, 0.1) is 11.3 Å². The number of hydrogen-bond acceptors (Lipinski definition) is 4. The number of nitrogens with one attached hydrogen (secondary N) is 2. The number of thiazole rings is 1. The van der Waals surface area contributed by atoms with E-state index in [1.165, 1.54) is 23.6 Å². The van der Waals surface area contributed by atoms with Crippen molar-refractivity contribution in [3.05, 3.63) is 35.2 Å². The van der Waals surface area contributed by atoms with Crippen molar-refractivity contribution in [2.75, 3.05) is 18.4 Å². The Bertz CT molecular complexity index is 723. The van der Waals surface area contributed by atoms with Crippen molar-refractivity contribution < 1.29 is 18.0 Å². The lowest BCUT2D eigenvalue weighted by atomic mass is 9.97. The van der Waals surface area contributed by atoms with E-state index in [1.54, 1.807) is 0 Å². The molecular weight excluding hydrogens is 339 g/mol. The summed E-state index contributed by atoms with van der Waals surface area (Å²) in [5.41, 5.74) is -0.497. The largest absolute Gasteiger partial charge is 0.417 e. The zero-order chi connectivity index (χ0) is 17.2. The van der Waals surface area contributed by atoms with Gasteiger partial charge in [0, 0.05) is 16.9 Å². The summed E-state index contributed by atoms with van der Waals surface area (Å²) in [7, 11) is 0. The molecule has 4 nitrogen and oxygen atoms in total. The van der Waals surface area contributed by atoms with E-state index in [0.717, 1.165) is 43.3 Å². The molecule has 2 N–H and O–H groups in total. The molecule has 0 atom stereocenters. The fraction of sp³-hybridized carbons (Fsp3) is 0.375. The second kappa shape index (κ2) is 6.90. The van der Waals surface area contributed by atoms with Gasteiger partial charge in [0.1, 0.15) is 0 Å². The fourth-order valence-electron chi connectivity index (χ4n) is 2.70. The van der Waals surface area contributed by atoms with Crippen molar-refractivity contribution in [2.24, 2.45) is 5.92 Å². The van der Waals surface area contributed by atoms with Crippen molar-refractivity contribution in [1.29, 1.82) is 0 Å². The van der Waals surface area contributed by atoms with Crippen LogP contribution in [-0.4, -0.2) is 24.0 Å². The first-order valence-corrected chi connectivity index (χ1v) is 8.47. The van der Waals surface area contributed by atoms with Crippen LogP contribution in [0.2, 0.25) is 0 Å². The molecule has 0 spiro atoms. The van der Waals surface area contributed by atoms with Crippen LogP contribution in [0.4, 0.5) is 18.3 Å². The van der Waals surface area contributed by atoms with Gasteiger partial charge in [-0.05, 0) is 32.0 Å². The van der Waals surface area contributed by atoms with Crippen LogP contribution in [0.1, 0.15) is 18.4 Å². The summed E-state index contributed by atoms with van der Waals surface area (Å²) in [5, 5.41) is 7.75. The minimum atomic E-state index is -4.45. The van der Waals surface area contributed by atoms with Gasteiger partial charge in [-0.3, -0.25) is 4.79 Å². The zero-order valence-electron chi connectivity index (χ0n) is 12.7. The Morgan fingerprint density at radius 3 is 2.67 bits per heavy atom. The van der Waals surface area contributed by atoms with E-state index in [9.17, 15) is 18.0 Å². The number of carbonyl (C=O) groups excluding carboxylic acids is 1. The fourth-order valence-corrected chi connectivity index (χ4v) is 3.41. The van der Waals surface area contributed by atoms with Crippen LogP contribution in [0.3, 0.4) is 0 Å². The summed E-state index contributed by atoms with van der Waals surface area (Å²) < 4.78 is 39.3. The van der Waals surface area contributed by atoms with Gasteiger partial charge in [-0.2, -0.15) is 13.2 Å². The second-order valence-electron chi connectivity index (χ2n) is 5.59. The summed E-state index contributed by atoms with van der Waals surface area (Å²) in [6, 6.07) is 5.30. The van der Waals surface area contributed by atoms with Crippen LogP contribution in [0.25, 0.3) is 11.3 Å². The summed E-state index contributed by atoms with van der Waals surface area (Å²) in [6.07, 6.45) is -2.94. The summed E-state index contributed by atoms with van der Waals surface area (Å²) in [5.74, 6) is -0.206. The van der Waals surface area contributed by atoms with Crippen LogP contribution in [0, 0.1) is 5.92 Å². The van der Waals surface area contributed by atoms with Crippen molar-refractivity contribution >= 4 is 22.4 Å². The van der Waals surface area contributed by atoms with Gasteiger partial charge in [-0.1, -0.05) is 18.2 Å². The SMILES string of the molecule is O=C(Nc1nc(-c2ccccc2C(F)(F)F)cs1)C1CCNCC1. The highest BCUT2D eigenvalue weighted by molar-refractivity contribution is 7.14. The van der Waals surface area contributed by atoms with E-state index in [1.807, 2.05) is 0 Å². The quantitative estimate of drug-likeness (QED) is 0.881. The lowest BCUT2D eigenvalue weighted by Crippen LogP contribution is -2.34. The molecule has 0 saturated carbocycles. The number of hydrogen-bond donors (Lipinski definition) is 2. The Balaban J connectivity index is 1.78. The van der Waals surface area contributed by atoms with Gasteiger partial charge in [0.15, 0.2) is 5.13 Å². The number of amides is 1. The minimum absolute atomic E-state index is 0.0172. The van der Waals surface area contributed by atoms with E-state index in [0.29, 0.717) is 5.13 Å². The van der Waals surface area contributed by atoms with Crippen LogP contribution in [0.5, 0.6) is 0 Å². The minimum Gasteiger partial charge on any atom is -0.317 e. The molecule has 1 aliphatic rings. The molecule has 1 aromatic carbocycles. The van der Waals surface area contributed by atoms with Crippen LogP contribution in [-0.2, 0) is 11.0 Å². The molecule has 3 rings (SSSR count). The zero-order valence-corrected chi connectivity index (χ0v) is 13.5. The second-order valence-corrected chi connectivity index (χ2v) is 6.45. The van der Waals surface area contributed by atoms with Crippen LogP contribution < -0.4 is 10.6 Å². The molecular formula is C16H16F3N3OS. The maximum absolute atomic E-state index is 13.1. The van der Waals surface area contributed by atoms with E-state index in [-0.39, 0.29) is 23.1 Å². The van der Waals surface area contributed by atoms with Crippen LogP contribution in [0.15, 0.2) is 29.6 Å². The van der Waals surface area contributed by atoms with Crippen molar-refractivity contribution in [3.63, 3.8) is 0 Å². The third-order valence-corrected chi connectivity index (χ3v) is 4.71. The molecule has 2 aromatic rings. The number of anilines is 1. The van der Waals surface area contributed by atoms with E-state index in [2.05, 4.69) is 15.6 Å². The lowest BCUT2D eigenvalue weighted by Gasteiger charge is -2.21. The third kappa shape index (κ3) is 3.76. The molecule has 1 aromatic heterocycles. The number of piperidine rings is 1. The Kier molecular flexibility index (Phi) is 4.86. The van der Waals surface area contributed by atoms with Gasteiger partial charge in [-0.25, -0.2) is 4.98 Å². The maximum atomic E-state index is 13.1. The van der Waals surface area contributed by atoms with Crippen LogP contribution >= 0.6 is 11.3 Å². The molecule has 1 saturated heterocycles. The number of nitrogens with zero attached hydrogens (tertiary/aromatic N) is 1. The molecule has 0 radical (unpaired) electrons. The summed E-state index contributed by atoms with van der Waals surface area (Å²) in [6.45, 7) is 1.58.